The van der Waals surface area contributed by atoms with Gasteiger partial charge < -0.3 is 9.88 Å². The molecule has 1 unspecified atom stereocenters. The smallest absolute Gasteiger partial charge is 0.246 e. The summed E-state index contributed by atoms with van der Waals surface area (Å²) in [6.45, 7) is 6.46. The van der Waals surface area contributed by atoms with E-state index in [4.69, 9.17) is 4.98 Å². The van der Waals surface area contributed by atoms with Crippen molar-refractivity contribution < 1.29 is 17.6 Å². The van der Waals surface area contributed by atoms with Gasteiger partial charge in [0, 0.05) is 49.8 Å². The van der Waals surface area contributed by atoms with Crippen LogP contribution in [-0.2, 0) is 21.4 Å². The van der Waals surface area contributed by atoms with Gasteiger partial charge in [0.05, 0.1) is 11.0 Å². The number of sulfonamides is 1. The van der Waals surface area contributed by atoms with Crippen LogP contribution in [0.25, 0.3) is 22.4 Å². The minimum absolute atomic E-state index is 0.0942. The van der Waals surface area contributed by atoms with Crippen LogP contribution in [-0.4, -0.2) is 70.3 Å². The van der Waals surface area contributed by atoms with Gasteiger partial charge in [0.2, 0.25) is 15.9 Å². The molecule has 42 heavy (non-hydrogen) atoms. The summed E-state index contributed by atoms with van der Waals surface area (Å²) < 4.78 is 45.1. The molecule has 9 nitrogen and oxygen atoms in total. The summed E-state index contributed by atoms with van der Waals surface area (Å²) in [4.78, 5) is 24.5. The highest BCUT2D eigenvalue weighted by molar-refractivity contribution is 7.89. The molecule has 4 aromatic rings. The second-order valence-electron chi connectivity index (χ2n) is 10.5. The molecule has 0 spiro atoms. The van der Waals surface area contributed by atoms with E-state index in [1.54, 1.807) is 24.5 Å². The summed E-state index contributed by atoms with van der Waals surface area (Å²) in [5.74, 6) is -0.521. The summed E-state index contributed by atoms with van der Waals surface area (Å²) in [5, 5.41) is 2.93. The predicted molar refractivity (Wildman–Crippen MR) is 162 cm³/mol. The third kappa shape index (κ3) is 6.23. The van der Waals surface area contributed by atoms with Gasteiger partial charge in [0.1, 0.15) is 22.6 Å². The zero-order valence-corrected chi connectivity index (χ0v) is 24.9. The van der Waals surface area contributed by atoms with Gasteiger partial charge in [-0.2, -0.15) is 4.31 Å². The number of nitrogens with zero attached hydrogens (tertiary/aromatic N) is 5. The average molecular weight is 593 g/mol. The number of benzene rings is 2. The van der Waals surface area contributed by atoms with Crippen molar-refractivity contribution in [3.63, 3.8) is 0 Å². The molecule has 0 radical (unpaired) electrons. The van der Waals surface area contributed by atoms with Crippen LogP contribution in [0.4, 0.5) is 10.1 Å². The van der Waals surface area contributed by atoms with E-state index in [0.717, 1.165) is 59.5 Å². The third-order valence-corrected chi connectivity index (χ3v) is 9.66. The Labute approximate surface area is 246 Å². The van der Waals surface area contributed by atoms with Crippen LogP contribution < -0.4 is 5.32 Å². The fourth-order valence-electron chi connectivity index (χ4n) is 5.54. The Kier molecular flexibility index (Phi) is 9.30. The molecule has 0 aliphatic carbocycles. The Balaban J connectivity index is 1.42. The van der Waals surface area contributed by atoms with Crippen molar-refractivity contribution in [1.29, 1.82) is 0 Å². The number of aryl methyl sites for hydroxylation is 1. The molecule has 1 amide bonds. The van der Waals surface area contributed by atoms with Crippen LogP contribution in [0, 0.1) is 5.82 Å². The van der Waals surface area contributed by atoms with E-state index < -0.39 is 32.7 Å². The molecule has 222 valence electrons. The average Bonchev–Trinajstić information content (AvgIpc) is 3.37. The van der Waals surface area contributed by atoms with Gasteiger partial charge in [-0.15, -0.1) is 0 Å². The van der Waals surface area contributed by atoms with E-state index in [0.29, 0.717) is 24.3 Å². The number of anilines is 1. The highest BCUT2D eigenvalue weighted by Crippen LogP contribution is 2.28. The number of unbranched alkanes of at least 4 members (excludes halogenated alkanes) is 3. The van der Waals surface area contributed by atoms with E-state index in [9.17, 15) is 17.6 Å². The Morgan fingerprint density at radius 2 is 1.88 bits per heavy atom. The molecule has 1 N–H and O–H groups in total. The summed E-state index contributed by atoms with van der Waals surface area (Å²) >= 11 is 0. The van der Waals surface area contributed by atoms with Gasteiger partial charge in [-0.25, -0.2) is 17.8 Å². The Hall–Kier alpha value is -3.67. The lowest BCUT2D eigenvalue weighted by Gasteiger charge is -2.39. The van der Waals surface area contributed by atoms with Gasteiger partial charge in [-0.05, 0) is 62.4 Å². The Bertz CT molecular complexity index is 1640. The maximum absolute atomic E-state index is 14.6. The first kappa shape index (κ1) is 29.8. The van der Waals surface area contributed by atoms with E-state index >= 15 is 0 Å². The van der Waals surface area contributed by atoms with Crippen molar-refractivity contribution in [2.45, 2.75) is 57.0 Å². The minimum Gasteiger partial charge on any atom is -0.325 e. The minimum atomic E-state index is -4.25. The number of amides is 1. The molecule has 11 heteroatoms. The molecule has 2 aromatic heterocycles. The maximum Gasteiger partial charge on any atom is 0.246 e. The molecular formula is C31H37FN6O3S. The first-order valence-electron chi connectivity index (χ1n) is 14.5. The summed E-state index contributed by atoms with van der Waals surface area (Å²) in [6, 6.07) is 13.6. The van der Waals surface area contributed by atoms with Gasteiger partial charge in [-0.1, -0.05) is 38.3 Å². The number of carbonyl (C=O) groups is 1. The van der Waals surface area contributed by atoms with Crippen LogP contribution in [0.5, 0.6) is 0 Å². The number of nitrogens with one attached hydrogen (secondary N) is 1. The molecule has 1 aliphatic rings. The second-order valence-corrected chi connectivity index (χ2v) is 12.4. The van der Waals surface area contributed by atoms with Gasteiger partial charge in [-0.3, -0.25) is 14.7 Å². The number of halogens is 1. The van der Waals surface area contributed by atoms with Crippen LogP contribution in [0.2, 0.25) is 0 Å². The number of aromatic nitrogens is 3. The van der Waals surface area contributed by atoms with Crippen LogP contribution >= 0.6 is 0 Å². The highest BCUT2D eigenvalue weighted by Gasteiger charge is 2.41. The second kappa shape index (κ2) is 13.1. The first-order chi connectivity index (χ1) is 20.3. The highest BCUT2D eigenvalue weighted by atomic mass is 32.2. The van der Waals surface area contributed by atoms with Crippen molar-refractivity contribution in [3.8, 4) is 11.4 Å². The van der Waals surface area contributed by atoms with Gasteiger partial charge >= 0.3 is 0 Å². The van der Waals surface area contributed by atoms with Crippen LogP contribution in [0.15, 0.2) is 71.9 Å². The van der Waals surface area contributed by atoms with Gasteiger partial charge in [0.15, 0.2) is 0 Å². The molecule has 0 saturated carbocycles. The lowest BCUT2D eigenvalue weighted by Crippen LogP contribution is -2.59. The standard InChI is InChI=1S/C31H37FN6O3S/c1-3-5-6-9-17-36-18-19-38(42(40,41)29-13-8-7-12-25(29)32)28(22-36)31(39)34-24-14-15-27-26(20-24)35-30(37(27)4-2)23-11-10-16-33-21-23/h7-8,10-16,20-21,28H,3-6,9,17-19,22H2,1-2H3,(H,34,39). The number of fused-ring (bicyclic) bond motifs is 1. The van der Waals surface area contributed by atoms with E-state index in [-0.39, 0.29) is 13.1 Å². The molecule has 2 aromatic carbocycles. The largest absolute Gasteiger partial charge is 0.325 e. The number of carbonyl (C=O) groups excluding carboxylic acids is 1. The van der Waals surface area contributed by atoms with Crippen molar-refractivity contribution in [2.24, 2.45) is 0 Å². The van der Waals surface area contributed by atoms with Crippen LogP contribution in [0.3, 0.4) is 0 Å². The SMILES string of the molecule is CCCCCCN1CCN(S(=O)(=O)c2ccccc2F)C(C(=O)Nc2ccc3c(c2)nc(-c2cccnc2)n3CC)C1. The number of piperazine rings is 1. The zero-order chi connectivity index (χ0) is 29.7. The quantitative estimate of drug-likeness (QED) is 0.242. The van der Waals surface area contributed by atoms with Crippen LogP contribution in [0.1, 0.15) is 39.5 Å². The fourth-order valence-corrected chi connectivity index (χ4v) is 7.18. The number of pyridine rings is 1. The lowest BCUT2D eigenvalue weighted by molar-refractivity contribution is -0.121. The topological polar surface area (TPSA) is 100 Å². The zero-order valence-electron chi connectivity index (χ0n) is 24.0. The van der Waals surface area contributed by atoms with Crippen molar-refractivity contribution in [1.82, 2.24) is 23.7 Å². The molecule has 1 saturated heterocycles. The lowest BCUT2D eigenvalue weighted by atomic mass is 10.1. The summed E-state index contributed by atoms with van der Waals surface area (Å²) in [6.07, 6.45) is 7.76. The number of rotatable bonds is 11. The van der Waals surface area contributed by atoms with Crippen molar-refractivity contribution in [3.05, 3.63) is 72.8 Å². The van der Waals surface area contributed by atoms with Gasteiger partial charge in [0.25, 0.3) is 0 Å². The van der Waals surface area contributed by atoms with Crippen molar-refractivity contribution in [2.75, 3.05) is 31.5 Å². The third-order valence-electron chi connectivity index (χ3n) is 7.72. The summed E-state index contributed by atoms with van der Waals surface area (Å²) in [5.41, 5.74) is 3.00. The van der Waals surface area contributed by atoms with Crippen molar-refractivity contribution >= 4 is 32.7 Å². The molecule has 0 bridgehead atoms. The molecule has 5 rings (SSSR count). The summed E-state index contributed by atoms with van der Waals surface area (Å²) in [7, 11) is -4.25. The Morgan fingerprint density at radius 1 is 1.05 bits per heavy atom. The number of imidazole rings is 1. The maximum atomic E-state index is 14.6. The monoisotopic (exact) mass is 592 g/mol. The molecular weight excluding hydrogens is 555 g/mol. The first-order valence-corrected chi connectivity index (χ1v) is 16.0. The fraction of sp³-hybridized carbons (Fsp3) is 0.387. The normalized spacial score (nSPS) is 16.6. The Morgan fingerprint density at radius 3 is 2.62 bits per heavy atom. The van der Waals surface area contributed by atoms with E-state index in [1.165, 1.54) is 18.2 Å². The van der Waals surface area contributed by atoms with E-state index in [2.05, 4.69) is 26.7 Å². The molecule has 1 fully saturated rings. The number of hydrogen-bond donors (Lipinski definition) is 1. The predicted octanol–water partition coefficient (Wildman–Crippen LogP) is 5.15. The molecule has 1 aliphatic heterocycles. The number of hydrogen-bond acceptors (Lipinski definition) is 6. The molecule has 1 atom stereocenters. The van der Waals surface area contributed by atoms with E-state index in [1.807, 2.05) is 25.1 Å². The molecule has 3 heterocycles.